The van der Waals surface area contributed by atoms with Gasteiger partial charge in [0.2, 0.25) is 7.37 Å². The highest BCUT2D eigenvalue weighted by molar-refractivity contribution is 7.58. The van der Waals surface area contributed by atoms with E-state index in [4.69, 9.17) is 10.8 Å². The van der Waals surface area contributed by atoms with Crippen LogP contribution in [-0.2, 0) is 27.6 Å². The summed E-state index contributed by atoms with van der Waals surface area (Å²) in [4.78, 5) is 22.2. The monoisotopic (exact) mass is 479 g/mol. The second kappa shape index (κ2) is 12.1. The zero-order chi connectivity index (χ0) is 24.4. The van der Waals surface area contributed by atoms with Crippen LogP contribution in [0.15, 0.2) is 91.0 Å². The van der Waals surface area contributed by atoms with Crippen LogP contribution in [0, 0.1) is 0 Å². The van der Waals surface area contributed by atoms with Crippen molar-refractivity contribution in [2.45, 2.75) is 49.7 Å². The van der Waals surface area contributed by atoms with Gasteiger partial charge in [-0.1, -0.05) is 91.0 Å². The quantitative estimate of drug-likeness (QED) is 0.277. The summed E-state index contributed by atoms with van der Waals surface area (Å²) < 4.78 is 13.6. The lowest BCUT2D eigenvalue weighted by atomic mass is 9.73. The molecule has 2 unspecified atom stereocenters. The Bertz CT molecular complexity index is 1030. The maximum atomic E-state index is 13.6. The number of carbonyl (C=O) groups is 1. The number of carboxylic acid groups (broad SMARTS) is 1. The molecule has 2 atom stereocenters. The predicted molar refractivity (Wildman–Crippen MR) is 137 cm³/mol. The first kappa shape index (κ1) is 25.9. The molecule has 0 fully saturated rings. The second-order valence-corrected chi connectivity index (χ2v) is 11.5. The zero-order valence-electron chi connectivity index (χ0n) is 19.4. The average molecular weight is 480 g/mol. The normalized spacial score (nSPS) is 14.3. The van der Waals surface area contributed by atoms with Crippen LogP contribution in [0.4, 0.5) is 0 Å². The fourth-order valence-corrected chi connectivity index (χ4v) is 6.67. The first-order chi connectivity index (χ1) is 16.3. The fraction of sp³-hybridized carbons (Fsp3) is 0.321. The standard InChI is InChI=1S/C28H34NO4P/c29-26(16-17-27(30)31)34(32,33)22-28(25-14-8-3-9-15-25,20-18-23-10-4-1-5-11-23)21-19-24-12-6-2-7-13-24/h1-15,26H,16-22,29H2,(H,30,31)(H,32,33). The minimum Gasteiger partial charge on any atom is -0.481 e. The minimum atomic E-state index is -3.85. The Hall–Kier alpha value is -2.72. The van der Waals surface area contributed by atoms with E-state index < -0.39 is 24.5 Å². The van der Waals surface area contributed by atoms with Crippen molar-refractivity contribution in [2.24, 2.45) is 5.73 Å². The predicted octanol–water partition coefficient (Wildman–Crippen LogP) is 5.61. The summed E-state index contributed by atoms with van der Waals surface area (Å²) in [6.07, 6.45) is 2.66. The Morgan fingerprint density at radius 2 is 1.26 bits per heavy atom. The zero-order valence-corrected chi connectivity index (χ0v) is 20.3. The van der Waals surface area contributed by atoms with Crippen molar-refractivity contribution in [3.63, 3.8) is 0 Å². The third-order valence-electron chi connectivity index (χ3n) is 6.56. The van der Waals surface area contributed by atoms with Gasteiger partial charge in [-0.25, -0.2) is 0 Å². The molecule has 3 aromatic carbocycles. The summed E-state index contributed by atoms with van der Waals surface area (Å²) in [6, 6.07) is 30.2. The van der Waals surface area contributed by atoms with Crippen molar-refractivity contribution >= 4 is 13.3 Å². The second-order valence-electron chi connectivity index (χ2n) is 9.03. The number of hydrogen-bond acceptors (Lipinski definition) is 3. The molecule has 0 bridgehead atoms. The van der Waals surface area contributed by atoms with Crippen LogP contribution >= 0.6 is 7.37 Å². The Kier molecular flexibility index (Phi) is 9.23. The molecule has 0 saturated heterocycles. The lowest BCUT2D eigenvalue weighted by Gasteiger charge is -2.38. The lowest BCUT2D eigenvalue weighted by molar-refractivity contribution is -0.137. The molecule has 0 aromatic heterocycles. The highest BCUT2D eigenvalue weighted by Crippen LogP contribution is 2.53. The first-order valence-corrected chi connectivity index (χ1v) is 13.6. The summed E-state index contributed by atoms with van der Waals surface area (Å²) in [5.41, 5.74) is 8.90. The largest absolute Gasteiger partial charge is 0.481 e. The van der Waals surface area contributed by atoms with Crippen LogP contribution in [0.1, 0.15) is 42.4 Å². The molecule has 0 aliphatic rings. The number of rotatable bonds is 13. The van der Waals surface area contributed by atoms with Crippen LogP contribution in [0.25, 0.3) is 0 Å². The molecule has 0 aliphatic heterocycles. The van der Waals surface area contributed by atoms with Crippen LogP contribution in [0.5, 0.6) is 0 Å². The molecule has 0 radical (unpaired) electrons. The summed E-state index contributed by atoms with van der Waals surface area (Å²) in [6.45, 7) is 0. The SMILES string of the molecule is NC(CCC(=O)O)P(=O)(O)CC(CCc1ccccc1)(CCc1ccccc1)c1ccccc1. The van der Waals surface area contributed by atoms with E-state index in [1.54, 1.807) is 0 Å². The number of carboxylic acids is 1. The Balaban J connectivity index is 1.96. The molecule has 0 saturated carbocycles. The molecular weight excluding hydrogens is 445 g/mol. The number of hydrogen-bond donors (Lipinski definition) is 3. The maximum Gasteiger partial charge on any atom is 0.303 e. The van der Waals surface area contributed by atoms with E-state index in [9.17, 15) is 14.3 Å². The average Bonchev–Trinajstić information content (AvgIpc) is 2.86. The van der Waals surface area contributed by atoms with E-state index in [2.05, 4.69) is 24.3 Å². The fourth-order valence-electron chi connectivity index (χ4n) is 4.54. The topological polar surface area (TPSA) is 101 Å². The number of aryl methyl sites for hydroxylation is 2. The lowest BCUT2D eigenvalue weighted by Crippen LogP contribution is -2.36. The molecule has 3 rings (SSSR count). The smallest absolute Gasteiger partial charge is 0.303 e. The van der Waals surface area contributed by atoms with Crippen LogP contribution in [-0.4, -0.2) is 27.9 Å². The van der Waals surface area contributed by atoms with Gasteiger partial charge in [0.25, 0.3) is 0 Å². The summed E-state index contributed by atoms with van der Waals surface area (Å²) in [5.74, 6) is -2.09. The van der Waals surface area contributed by atoms with E-state index in [1.807, 2.05) is 66.7 Å². The Morgan fingerprint density at radius 3 is 1.71 bits per heavy atom. The highest BCUT2D eigenvalue weighted by atomic mass is 31.2. The van der Waals surface area contributed by atoms with Gasteiger partial charge in [-0.3, -0.25) is 9.36 Å². The molecule has 0 spiro atoms. The molecule has 6 heteroatoms. The van der Waals surface area contributed by atoms with Gasteiger partial charge in [-0.15, -0.1) is 0 Å². The van der Waals surface area contributed by atoms with E-state index in [-0.39, 0.29) is 19.0 Å². The van der Waals surface area contributed by atoms with Crippen LogP contribution < -0.4 is 5.73 Å². The Morgan fingerprint density at radius 1 is 0.824 bits per heavy atom. The van der Waals surface area contributed by atoms with Crippen LogP contribution in [0.3, 0.4) is 0 Å². The molecule has 0 heterocycles. The third-order valence-corrected chi connectivity index (χ3v) is 8.91. The van der Waals surface area contributed by atoms with Gasteiger partial charge in [0, 0.05) is 18.0 Å². The maximum absolute atomic E-state index is 13.6. The number of nitrogens with two attached hydrogens (primary N) is 1. The Labute approximate surface area is 202 Å². The van der Waals surface area contributed by atoms with Gasteiger partial charge in [0.1, 0.15) is 0 Å². The summed E-state index contributed by atoms with van der Waals surface area (Å²) in [5, 5.41) is 9.03. The van der Waals surface area contributed by atoms with E-state index in [0.29, 0.717) is 12.8 Å². The number of aliphatic carboxylic acids is 1. The summed E-state index contributed by atoms with van der Waals surface area (Å²) >= 11 is 0. The molecule has 34 heavy (non-hydrogen) atoms. The highest BCUT2D eigenvalue weighted by Gasteiger charge is 2.41. The van der Waals surface area contributed by atoms with Crippen molar-refractivity contribution in [3.8, 4) is 0 Å². The first-order valence-electron chi connectivity index (χ1n) is 11.7. The van der Waals surface area contributed by atoms with Crippen molar-refractivity contribution < 1.29 is 19.4 Å². The molecule has 0 aliphatic carbocycles. The molecule has 3 aromatic rings. The summed E-state index contributed by atoms with van der Waals surface area (Å²) in [7, 11) is -3.85. The van der Waals surface area contributed by atoms with Gasteiger partial charge in [-0.2, -0.15) is 0 Å². The van der Waals surface area contributed by atoms with Crippen molar-refractivity contribution in [3.05, 3.63) is 108 Å². The van der Waals surface area contributed by atoms with Crippen molar-refractivity contribution in [1.82, 2.24) is 0 Å². The third kappa shape index (κ3) is 7.39. The molecule has 180 valence electrons. The van der Waals surface area contributed by atoms with Crippen molar-refractivity contribution in [1.29, 1.82) is 0 Å². The molecule has 0 amide bonds. The van der Waals surface area contributed by atoms with Crippen molar-refractivity contribution in [2.75, 3.05) is 6.16 Å². The molecule has 4 N–H and O–H groups in total. The van der Waals surface area contributed by atoms with Gasteiger partial charge >= 0.3 is 5.97 Å². The van der Waals surface area contributed by atoms with Crippen LogP contribution in [0.2, 0.25) is 0 Å². The van der Waals surface area contributed by atoms with Gasteiger partial charge < -0.3 is 15.7 Å². The van der Waals surface area contributed by atoms with Gasteiger partial charge in [-0.05, 0) is 48.8 Å². The van der Waals surface area contributed by atoms with Gasteiger partial charge in [0.15, 0.2) is 0 Å². The van der Waals surface area contributed by atoms with E-state index in [0.717, 1.165) is 18.4 Å². The molecular formula is C28H34NO4P. The van der Waals surface area contributed by atoms with E-state index >= 15 is 0 Å². The number of benzene rings is 3. The minimum absolute atomic E-state index is 0.0183. The van der Waals surface area contributed by atoms with E-state index in [1.165, 1.54) is 11.1 Å². The van der Waals surface area contributed by atoms with Gasteiger partial charge in [0.05, 0.1) is 5.78 Å². The molecule has 5 nitrogen and oxygen atoms in total.